The van der Waals surface area contributed by atoms with Crippen LogP contribution in [0.4, 0.5) is 0 Å². The maximum atomic E-state index is 12.5. The van der Waals surface area contributed by atoms with E-state index in [0.717, 1.165) is 63.4 Å². The van der Waals surface area contributed by atoms with Crippen LogP contribution >= 0.6 is 0 Å². The second-order valence-electron chi connectivity index (χ2n) is 7.71. The molecular weight excluding hydrogens is 316 g/mol. The fourth-order valence-corrected chi connectivity index (χ4v) is 4.40. The van der Waals surface area contributed by atoms with Gasteiger partial charge >= 0.3 is 0 Å². The molecule has 0 N–H and O–H groups in total. The maximum Gasteiger partial charge on any atom is 0.253 e. The van der Waals surface area contributed by atoms with Crippen LogP contribution in [0.2, 0.25) is 0 Å². The predicted octanol–water partition coefficient (Wildman–Crippen LogP) is 1.38. The van der Waals surface area contributed by atoms with E-state index in [1.807, 2.05) is 9.47 Å². The zero-order chi connectivity index (χ0) is 17.2. The van der Waals surface area contributed by atoms with Gasteiger partial charge < -0.3 is 4.90 Å². The van der Waals surface area contributed by atoms with Crippen molar-refractivity contribution in [3.63, 3.8) is 0 Å². The number of hydrogen-bond acceptors (Lipinski definition) is 4. The summed E-state index contributed by atoms with van der Waals surface area (Å²) < 4.78 is 1.85. The van der Waals surface area contributed by atoms with E-state index in [1.54, 1.807) is 6.07 Å². The molecule has 1 aromatic heterocycles. The lowest BCUT2D eigenvalue weighted by Crippen LogP contribution is -2.38. The van der Waals surface area contributed by atoms with Gasteiger partial charge in [0.1, 0.15) is 5.82 Å². The zero-order valence-electron chi connectivity index (χ0n) is 15.0. The molecule has 0 aromatic carbocycles. The van der Waals surface area contributed by atoms with Gasteiger partial charge in [-0.05, 0) is 45.2 Å². The highest BCUT2D eigenvalue weighted by Gasteiger charge is 2.30. The molecule has 136 valence electrons. The fraction of sp³-hybridized carbons (Fsp3) is 0.737. The quantitative estimate of drug-likeness (QED) is 0.831. The SMILES string of the molecule is O=C(CN1CCCC1)N1CC[C@@H](c2cc(=O)n3c(n2)CCCCC3)C1. The molecule has 6 heteroatoms. The van der Waals surface area contributed by atoms with Crippen molar-refractivity contribution in [3.05, 3.63) is 27.9 Å². The van der Waals surface area contributed by atoms with Gasteiger partial charge in [-0.2, -0.15) is 0 Å². The molecule has 1 amide bonds. The molecule has 0 aliphatic carbocycles. The fourth-order valence-electron chi connectivity index (χ4n) is 4.40. The predicted molar refractivity (Wildman–Crippen MR) is 95.7 cm³/mol. The Kier molecular flexibility index (Phi) is 4.88. The molecular formula is C19H28N4O2. The molecule has 3 aliphatic heterocycles. The van der Waals surface area contributed by atoms with Crippen LogP contribution in [0.3, 0.4) is 0 Å². The molecule has 4 heterocycles. The Morgan fingerprint density at radius 2 is 1.88 bits per heavy atom. The third-order valence-corrected chi connectivity index (χ3v) is 5.91. The highest BCUT2D eigenvalue weighted by atomic mass is 16.2. The summed E-state index contributed by atoms with van der Waals surface area (Å²) in [6.07, 6.45) is 7.57. The number of nitrogens with zero attached hydrogens (tertiary/aromatic N) is 4. The van der Waals surface area contributed by atoms with Gasteiger partial charge in [-0.25, -0.2) is 4.98 Å². The van der Waals surface area contributed by atoms with E-state index < -0.39 is 0 Å². The summed E-state index contributed by atoms with van der Waals surface area (Å²) >= 11 is 0. The first-order valence-corrected chi connectivity index (χ1v) is 9.81. The first kappa shape index (κ1) is 16.8. The summed E-state index contributed by atoms with van der Waals surface area (Å²) in [5.74, 6) is 1.39. The van der Waals surface area contributed by atoms with Crippen molar-refractivity contribution in [2.75, 3.05) is 32.7 Å². The summed E-state index contributed by atoms with van der Waals surface area (Å²) in [6.45, 7) is 4.94. The molecule has 6 nitrogen and oxygen atoms in total. The van der Waals surface area contributed by atoms with E-state index >= 15 is 0 Å². The van der Waals surface area contributed by atoms with E-state index in [-0.39, 0.29) is 17.4 Å². The average Bonchev–Trinajstić information content (AvgIpc) is 3.23. The number of hydrogen-bond donors (Lipinski definition) is 0. The standard InChI is InChI=1S/C19H28N4O2/c24-18-12-16(20-17-6-2-1-3-10-23(17)18)15-7-11-22(13-15)19(25)14-21-8-4-5-9-21/h12,15H,1-11,13-14H2/t15-/m1/s1. The van der Waals surface area contributed by atoms with Gasteiger partial charge in [0.25, 0.3) is 5.56 Å². The van der Waals surface area contributed by atoms with Crippen LogP contribution in [0, 0.1) is 0 Å². The Bertz CT molecular complexity index is 693. The Morgan fingerprint density at radius 3 is 2.72 bits per heavy atom. The highest BCUT2D eigenvalue weighted by molar-refractivity contribution is 5.78. The molecule has 1 aromatic rings. The number of aromatic nitrogens is 2. The highest BCUT2D eigenvalue weighted by Crippen LogP contribution is 2.26. The van der Waals surface area contributed by atoms with Crippen LogP contribution in [0.1, 0.15) is 56.0 Å². The van der Waals surface area contributed by atoms with Gasteiger partial charge in [0.05, 0.1) is 12.2 Å². The number of carbonyl (C=O) groups excluding carboxylic acids is 1. The van der Waals surface area contributed by atoms with Crippen LogP contribution < -0.4 is 5.56 Å². The number of rotatable bonds is 3. The van der Waals surface area contributed by atoms with E-state index in [4.69, 9.17) is 4.98 Å². The molecule has 0 radical (unpaired) electrons. The second kappa shape index (κ2) is 7.28. The minimum absolute atomic E-state index is 0.0868. The molecule has 4 rings (SSSR count). The van der Waals surface area contributed by atoms with Gasteiger partial charge in [0, 0.05) is 38.0 Å². The normalized spacial score (nSPS) is 24.3. The first-order valence-electron chi connectivity index (χ1n) is 9.81. The molecule has 1 atom stereocenters. The monoisotopic (exact) mass is 344 g/mol. The van der Waals surface area contributed by atoms with Gasteiger partial charge in [-0.3, -0.25) is 19.1 Å². The van der Waals surface area contributed by atoms with Crippen molar-refractivity contribution in [1.29, 1.82) is 0 Å². The molecule has 0 saturated carbocycles. The topological polar surface area (TPSA) is 58.4 Å². The Balaban J connectivity index is 1.44. The third kappa shape index (κ3) is 3.64. The Labute approximate surface area is 148 Å². The smallest absolute Gasteiger partial charge is 0.253 e. The van der Waals surface area contributed by atoms with E-state index in [9.17, 15) is 9.59 Å². The average molecular weight is 344 g/mol. The van der Waals surface area contributed by atoms with Crippen LogP contribution in [0.25, 0.3) is 0 Å². The molecule has 2 fully saturated rings. The molecule has 0 bridgehead atoms. The summed E-state index contributed by atoms with van der Waals surface area (Å²) in [5.41, 5.74) is 0.985. The van der Waals surface area contributed by atoms with Crippen LogP contribution in [0.15, 0.2) is 10.9 Å². The van der Waals surface area contributed by atoms with Gasteiger partial charge in [0.2, 0.25) is 5.91 Å². The lowest BCUT2D eigenvalue weighted by molar-refractivity contribution is -0.131. The van der Waals surface area contributed by atoms with Crippen LogP contribution in [-0.2, 0) is 17.8 Å². The zero-order valence-corrected chi connectivity index (χ0v) is 15.0. The number of aryl methyl sites for hydroxylation is 1. The minimum Gasteiger partial charge on any atom is -0.341 e. The summed E-state index contributed by atoms with van der Waals surface area (Å²) in [6, 6.07) is 1.72. The number of fused-ring (bicyclic) bond motifs is 1. The second-order valence-corrected chi connectivity index (χ2v) is 7.71. The van der Waals surface area contributed by atoms with Crippen molar-refractivity contribution in [2.45, 2.75) is 57.4 Å². The minimum atomic E-state index is 0.0868. The summed E-state index contributed by atoms with van der Waals surface area (Å²) in [5, 5.41) is 0. The lowest BCUT2D eigenvalue weighted by atomic mass is 10.0. The van der Waals surface area contributed by atoms with Crippen molar-refractivity contribution in [3.8, 4) is 0 Å². The lowest BCUT2D eigenvalue weighted by Gasteiger charge is -2.21. The largest absolute Gasteiger partial charge is 0.341 e. The van der Waals surface area contributed by atoms with Crippen LogP contribution in [0.5, 0.6) is 0 Å². The summed E-state index contributed by atoms with van der Waals surface area (Å²) in [7, 11) is 0. The maximum absolute atomic E-state index is 12.5. The summed E-state index contributed by atoms with van der Waals surface area (Å²) in [4.78, 5) is 34.0. The van der Waals surface area contributed by atoms with Gasteiger partial charge in [-0.15, -0.1) is 0 Å². The molecule has 0 unspecified atom stereocenters. The van der Waals surface area contributed by atoms with E-state index in [1.165, 1.54) is 19.3 Å². The first-order chi connectivity index (χ1) is 12.2. The molecule has 2 saturated heterocycles. The van der Waals surface area contributed by atoms with E-state index in [0.29, 0.717) is 13.1 Å². The van der Waals surface area contributed by atoms with Crippen molar-refractivity contribution >= 4 is 5.91 Å². The number of likely N-dealkylation sites (tertiary alicyclic amines) is 2. The Hall–Kier alpha value is -1.69. The van der Waals surface area contributed by atoms with Crippen molar-refractivity contribution < 1.29 is 4.79 Å². The van der Waals surface area contributed by atoms with Crippen LogP contribution in [-0.4, -0.2) is 58.0 Å². The number of amides is 1. The molecule has 3 aliphatic rings. The third-order valence-electron chi connectivity index (χ3n) is 5.91. The van der Waals surface area contributed by atoms with Gasteiger partial charge in [0.15, 0.2) is 0 Å². The van der Waals surface area contributed by atoms with Gasteiger partial charge in [-0.1, -0.05) is 6.42 Å². The number of carbonyl (C=O) groups is 1. The van der Waals surface area contributed by atoms with Crippen molar-refractivity contribution in [1.82, 2.24) is 19.4 Å². The molecule has 0 spiro atoms. The van der Waals surface area contributed by atoms with Crippen molar-refractivity contribution in [2.24, 2.45) is 0 Å². The van der Waals surface area contributed by atoms with E-state index in [2.05, 4.69) is 4.90 Å². The molecule has 25 heavy (non-hydrogen) atoms. The Morgan fingerprint density at radius 1 is 1.08 bits per heavy atom.